The molecule has 1 amide bonds. The van der Waals surface area contributed by atoms with E-state index in [1.807, 2.05) is 55.9 Å². The number of thioether (sulfide) groups is 1. The summed E-state index contributed by atoms with van der Waals surface area (Å²) in [5, 5.41) is 7.30. The number of anilines is 2. The number of methoxy groups -OCH3 is 1. The van der Waals surface area contributed by atoms with Crippen LogP contribution in [0.15, 0.2) is 70.4 Å². The van der Waals surface area contributed by atoms with E-state index < -0.39 is 0 Å². The molecule has 2 aromatic rings. The Morgan fingerprint density at radius 1 is 1.22 bits per heavy atom. The van der Waals surface area contributed by atoms with Crippen LogP contribution in [0.2, 0.25) is 5.02 Å². The zero-order valence-corrected chi connectivity index (χ0v) is 22.1. The van der Waals surface area contributed by atoms with Gasteiger partial charge < -0.3 is 25.0 Å². The van der Waals surface area contributed by atoms with Gasteiger partial charge in [0.1, 0.15) is 6.61 Å². The normalized spacial score (nSPS) is 14.2. The van der Waals surface area contributed by atoms with Crippen molar-refractivity contribution in [3.05, 3.63) is 71.0 Å². The number of nitrogens with zero attached hydrogens (tertiary/aromatic N) is 3. The highest BCUT2D eigenvalue weighted by molar-refractivity contribution is 8.14. The molecule has 0 aliphatic carbocycles. The summed E-state index contributed by atoms with van der Waals surface area (Å²) in [7, 11) is 1.65. The van der Waals surface area contributed by atoms with E-state index in [0.717, 1.165) is 41.0 Å². The van der Waals surface area contributed by atoms with Crippen molar-refractivity contribution in [3.63, 3.8) is 0 Å². The third kappa shape index (κ3) is 8.35. The minimum atomic E-state index is 0.565. The summed E-state index contributed by atoms with van der Waals surface area (Å²) >= 11 is 7.48. The van der Waals surface area contributed by atoms with Gasteiger partial charge in [-0.05, 0) is 49.3 Å². The molecule has 190 valence electrons. The van der Waals surface area contributed by atoms with Gasteiger partial charge in [-0.3, -0.25) is 4.79 Å². The van der Waals surface area contributed by atoms with E-state index in [1.54, 1.807) is 31.1 Å². The van der Waals surface area contributed by atoms with Crippen molar-refractivity contribution in [2.24, 2.45) is 9.98 Å². The summed E-state index contributed by atoms with van der Waals surface area (Å²) in [6, 6.07) is 11.3. The number of amides is 1. The van der Waals surface area contributed by atoms with Crippen molar-refractivity contribution in [2.45, 2.75) is 13.8 Å². The summed E-state index contributed by atoms with van der Waals surface area (Å²) in [5.74, 6) is 2.39. The van der Waals surface area contributed by atoms with E-state index in [0.29, 0.717) is 29.5 Å². The van der Waals surface area contributed by atoms with Crippen molar-refractivity contribution in [1.29, 1.82) is 0 Å². The standard InChI is InChI=1S/C18H22N4O2S.C8H8ClNO/c1-14-11-20-18(25-12-14)21-15-4-5-16(17(10-15)23-2)24-9-8-22-7-3-6-19-13-22;1-6-3-2-4-7(9)8(6)10-5-11/h3-6,10-11,13H,7-9,12H2,1-2H3,(H,20,21);2-5H,1H3,(H,10,11). The van der Waals surface area contributed by atoms with Crippen molar-refractivity contribution < 1.29 is 14.3 Å². The highest BCUT2D eigenvalue weighted by Gasteiger charge is 2.10. The number of hydrogen-bond donors (Lipinski definition) is 2. The predicted molar refractivity (Wildman–Crippen MR) is 151 cm³/mol. The number of amidine groups is 1. The zero-order valence-electron chi connectivity index (χ0n) is 20.5. The van der Waals surface area contributed by atoms with E-state index in [-0.39, 0.29) is 0 Å². The summed E-state index contributed by atoms with van der Waals surface area (Å²) in [5.41, 5.74) is 3.84. The molecule has 2 aliphatic heterocycles. The zero-order chi connectivity index (χ0) is 25.8. The Morgan fingerprint density at radius 2 is 2.08 bits per heavy atom. The molecule has 0 saturated heterocycles. The van der Waals surface area contributed by atoms with Crippen molar-refractivity contribution in [2.75, 3.05) is 43.2 Å². The van der Waals surface area contributed by atoms with Gasteiger partial charge in [0.15, 0.2) is 16.7 Å². The third-order valence-corrected chi connectivity index (χ3v) is 6.47. The minimum Gasteiger partial charge on any atom is -0.493 e. The van der Waals surface area contributed by atoms with Crippen LogP contribution in [-0.2, 0) is 4.79 Å². The number of aliphatic imine (C=N–C) groups is 2. The van der Waals surface area contributed by atoms with Gasteiger partial charge >= 0.3 is 0 Å². The molecule has 0 spiro atoms. The molecule has 4 rings (SSSR count). The van der Waals surface area contributed by atoms with Crippen LogP contribution in [0.3, 0.4) is 0 Å². The smallest absolute Gasteiger partial charge is 0.211 e. The van der Waals surface area contributed by atoms with Gasteiger partial charge in [0.25, 0.3) is 0 Å². The number of rotatable bonds is 8. The minimum absolute atomic E-state index is 0.565. The molecule has 10 heteroatoms. The molecular formula is C26H30ClN5O3S. The molecule has 2 heterocycles. The monoisotopic (exact) mass is 527 g/mol. The van der Waals surface area contributed by atoms with Gasteiger partial charge in [-0.2, -0.15) is 0 Å². The number of para-hydroxylation sites is 1. The SMILES string of the molecule is COc1cc(NC2=NC=C(C)CS2)ccc1OCCN1C=NC=CC1.Cc1cccc(Cl)c1NC=O. The van der Waals surface area contributed by atoms with E-state index in [9.17, 15) is 4.79 Å². The Labute approximate surface area is 221 Å². The topological polar surface area (TPSA) is 87.5 Å². The second kappa shape index (κ2) is 14.2. The summed E-state index contributed by atoms with van der Waals surface area (Å²) in [6.45, 7) is 6.17. The quantitative estimate of drug-likeness (QED) is 0.437. The van der Waals surface area contributed by atoms with Crippen LogP contribution >= 0.6 is 23.4 Å². The van der Waals surface area contributed by atoms with Crippen molar-refractivity contribution in [3.8, 4) is 11.5 Å². The van der Waals surface area contributed by atoms with Crippen LogP contribution in [0.25, 0.3) is 0 Å². The Bertz CT molecular complexity index is 1150. The molecule has 2 aromatic carbocycles. The molecule has 8 nitrogen and oxygen atoms in total. The number of ether oxygens (including phenoxy) is 2. The van der Waals surface area contributed by atoms with Crippen LogP contribution in [-0.4, -0.2) is 55.4 Å². The van der Waals surface area contributed by atoms with E-state index in [2.05, 4.69) is 32.4 Å². The van der Waals surface area contributed by atoms with E-state index in [1.165, 1.54) is 5.57 Å². The van der Waals surface area contributed by atoms with Gasteiger partial charge in [-0.1, -0.05) is 35.5 Å². The van der Waals surface area contributed by atoms with Crippen LogP contribution in [0, 0.1) is 6.92 Å². The first kappa shape index (κ1) is 27.2. The Morgan fingerprint density at radius 3 is 2.75 bits per heavy atom. The molecule has 36 heavy (non-hydrogen) atoms. The third-order valence-electron chi connectivity index (χ3n) is 5.08. The Kier molecular flexibility index (Phi) is 10.7. The number of carbonyl (C=O) groups excluding carboxylic acids is 1. The summed E-state index contributed by atoms with van der Waals surface area (Å²) < 4.78 is 11.3. The van der Waals surface area contributed by atoms with Gasteiger partial charge in [0, 0.05) is 36.5 Å². The fraction of sp³-hybridized carbons (Fsp3) is 0.269. The van der Waals surface area contributed by atoms with Gasteiger partial charge in [-0.25, -0.2) is 9.98 Å². The first-order valence-corrected chi connectivity index (χ1v) is 12.7. The molecule has 0 fully saturated rings. The molecule has 0 aromatic heterocycles. The summed E-state index contributed by atoms with van der Waals surface area (Å²) in [4.78, 5) is 20.7. The largest absolute Gasteiger partial charge is 0.493 e. The molecule has 0 atom stereocenters. The molecule has 2 N–H and O–H groups in total. The second-order valence-corrected chi connectivity index (χ2v) is 9.25. The fourth-order valence-electron chi connectivity index (χ4n) is 3.20. The lowest BCUT2D eigenvalue weighted by molar-refractivity contribution is -0.105. The number of nitrogens with one attached hydrogen (secondary N) is 2. The molecule has 0 radical (unpaired) electrons. The number of carbonyl (C=O) groups is 1. The van der Waals surface area contributed by atoms with Crippen molar-refractivity contribution >= 4 is 52.7 Å². The highest BCUT2D eigenvalue weighted by atomic mass is 35.5. The molecule has 0 unspecified atom stereocenters. The van der Waals surface area contributed by atoms with E-state index in [4.69, 9.17) is 21.1 Å². The van der Waals surface area contributed by atoms with Crippen LogP contribution < -0.4 is 20.1 Å². The van der Waals surface area contributed by atoms with Gasteiger partial charge in [0.05, 0.1) is 30.7 Å². The van der Waals surface area contributed by atoms with Crippen LogP contribution in [0.5, 0.6) is 11.5 Å². The molecule has 0 bridgehead atoms. The van der Waals surface area contributed by atoms with Crippen molar-refractivity contribution in [1.82, 2.24) is 4.90 Å². The molecule has 0 saturated carbocycles. The first-order valence-electron chi connectivity index (χ1n) is 11.3. The lowest BCUT2D eigenvalue weighted by Gasteiger charge is -2.20. The van der Waals surface area contributed by atoms with Crippen LogP contribution in [0.1, 0.15) is 12.5 Å². The molecule has 2 aliphatic rings. The van der Waals surface area contributed by atoms with Gasteiger partial charge in [0.2, 0.25) is 6.41 Å². The number of aryl methyl sites for hydroxylation is 1. The predicted octanol–water partition coefficient (Wildman–Crippen LogP) is 5.57. The van der Waals surface area contributed by atoms with Crippen LogP contribution in [0.4, 0.5) is 11.4 Å². The average Bonchev–Trinajstić information content (AvgIpc) is 2.89. The Hall–Kier alpha value is -3.43. The lowest BCUT2D eigenvalue weighted by Crippen LogP contribution is -2.28. The maximum absolute atomic E-state index is 10.1. The number of hydrogen-bond acceptors (Lipinski definition) is 8. The average molecular weight is 528 g/mol. The maximum Gasteiger partial charge on any atom is 0.211 e. The Balaban J connectivity index is 0.000000275. The first-order chi connectivity index (χ1) is 17.5. The maximum atomic E-state index is 10.1. The highest BCUT2D eigenvalue weighted by Crippen LogP contribution is 2.31. The second-order valence-electron chi connectivity index (χ2n) is 7.88. The summed E-state index contributed by atoms with van der Waals surface area (Å²) in [6.07, 6.45) is 8.16. The molecular weight excluding hydrogens is 498 g/mol. The fourth-order valence-corrected chi connectivity index (χ4v) is 4.23. The van der Waals surface area contributed by atoms with Gasteiger partial charge in [-0.15, -0.1) is 0 Å². The van der Waals surface area contributed by atoms with E-state index >= 15 is 0 Å². The number of benzene rings is 2. The lowest BCUT2D eigenvalue weighted by atomic mass is 10.2. The number of halogens is 1.